The number of ether oxygens (including phenoxy) is 1. The van der Waals surface area contributed by atoms with Crippen molar-refractivity contribution in [3.05, 3.63) is 58.5 Å². The van der Waals surface area contributed by atoms with Crippen LogP contribution < -0.4 is 0 Å². The number of nitriles is 1. The maximum atomic E-state index is 12.2. The van der Waals surface area contributed by atoms with Gasteiger partial charge < -0.3 is 29.6 Å². The van der Waals surface area contributed by atoms with E-state index in [4.69, 9.17) is 19.5 Å². The van der Waals surface area contributed by atoms with Crippen LogP contribution in [0.2, 0.25) is 0 Å². The number of nitrogens with zero attached hydrogens (tertiary/aromatic N) is 1. The zero-order chi connectivity index (χ0) is 19.3. The van der Waals surface area contributed by atoms with Crippen LogP contribution in [0.3, 0.4) is 0 Å². The fourth-order valence-electron chi connectivity index (χ4n) is 2.32. The van der Waals surface area contributed by atoms with Gasteiger partial charge >= 0.3 is 5.97 Å². The highest BCUT2D eigenvalue weighted by Crippen LogP contribution is 2.25. The minimum absolute atomic E-state index is 0.0409. The summed E-state index contributed by atoms with van der Waals surface area (Å²) in [6.45, 7) is 0.618. The quantitative estimate of drug-likeness (QED) is 0.524. The summed E-state index contributed by atoms with van der Waals surface area (Å²) in [7, 11) is 0. The molecule has 8 nitrogen and oxygen atoms in total. The maximum Gasteiger partial charge on any atom is 0.342 e. The van der Waals surface area contributed by atoms with Gasteiger partial charge in [0.05, 0.1) is 18.2 Å². The molecule has 0 amide bonds. The van der Waals surface area contributed by atoms with Crippen molar-refractivity contribution in [2.75, 3.05) is 6.61 Å². The highest BCUT2D eigenvalue weighted by molar-refractivity contribution is 5.90. The summed E-state index contributed by atoms with van der Waals surface area (Å²) in [6, 6.07) is 9.89. The lowest BCUT2D eigenvalue weighted by Gasteiger charge is -2.19. The molecule has 2 aromatic rings. The van der Waals surface area contributed by atoms with Gasteiger partial charge in [-0.25, -0.2) is 4.79 Å². The second-order valence-corrected chi connectivity index (χ2v) is 5.65. The molecular weight excluding hydrogens is 342 g/mol. The lowest BCUT2D eigenvalue weighted by molar-refractivity contribution is -0.0837. The van der Waals surface area contributed by atoms with Gasteiger partial charge in [0.15, 0.2) is 0 Å². The summed E-state index contributed by atoms with van der Waals surface area (Å²) in [5.41, 5.74) is 0.979. The van der Waals surface area contributed by atoms with Gasteiger partial charge in [0, 0.05) is 5.56 Å². The lowest BCUT2D eigenvalue weighted by atomic mass is 10.1. The summed E-state index contributed by atoms with van der Waals surface area (Å²) in [6.07, 6.45) is -4.87. The Kier molecular flexibility index (Phi) is 6.49. The average Bonchev–Trinajstić information content (AvgIpc) is 3.06. The number of rotatable bonds is 7. The Morgan fingerprint density at radius 2 is 2.00 bits per heavy atom. The molecule has 4 N–H and O–H groups in total. The number of esters is 1. The number of furan rings is 1. The molecule has 8 heteroatoms. The molecule has 26 heavy (non-hydrogen) atoms. The zero-order valence-corrected chi connectivity index (χ0v) is 14.0. The van der Waals surface area contributed by atoms with E-state index in [0.29, 0.717) is 11.1 Å². The van der Waals surface area contributed by atoms with Crippen molar-refractivity contribution in [1.29, 1.82) is 5.26 Å². The third-order valence-corrected chi connectivity index (χ3v) is 3.85. The lowest BCUT2D eigenvalue weighted by Crippen LogP contribution is -2.34. The van der Waals surface area contributed by atoms with Crippen molar-refractivity contribution in [2.24, 2.45) is 0 Å². The van der Waals surface area contributed by atoms with Crippen LogP contribution >= 0.6 is 0 Å². The minimum Gasteiger partial charge on any atom is -0.463 e. The van der Waals surface area contributed by atoms with Crippen molar-refractivity contribution in [3.63, 3.8) is 0 Å². The monoisotopic (exact) mass is 361 g/mol. The van der Waals surface area contributed by atoms with E-state index in [-0.39, 0.29) is 23.7 Å². The van der Waals surface area contributed by atoms with Crippen molar-refractivity contribution in [1.82, 2.24) is 0 Å². The number of aryl methyl sites for hydroxylation is 1. The Morgan fingerprint density at radius 1 is 1.31 bits per heavy atom. The van der Waals surface area contributed by atoms with E-state index in [2.05, 4.69) is 0 Å². The van der Waals surface area contributed by atoms with E-state index in [1.807, 2.05) is 6.07 Å². The van der Waals surface area contributed by atoms with Gasteiger partial charge in [-0.05, 0) is 19.1 Å². The second kappa shape index (κ2) is 8.60. The molecule has 2 rings (SSSR count). The molecule has 0 bridgehead atoms. The summed E-state index contributed by atoms with van der Waals surface area (Å²) in [4.78, 5) is 12.2. The van der Waals surface area contributed by atoms with Gasteiger partial charge in [0.1, 0.15) is 42.0 Å². The Morgan fingerprint density at radius 3 is 2.65 bits per heavy atom. The van der Waals surface area contributed by atoms with Crippen LogP contribution in [0, 0.1) is 18.3 Å². The van der Waals surface area contributed by atoms with Crippen LogP contribution in [0.25, 0.3) is 0 Å². The van der Waals surface area contributed by atoms with E-state index < -0.39 is 30.9 Å². The molecule has 0 fully saturated rings. The minimum atomic E-state index is -1.68. The average molecular weight is 361 g/mol. The number of aliphatic hydroxyl groups excluding tert-OH is 4. The molecule has 0 unspecified atom stereocenters. The maximum absolute atomic E-state index is 12.2. The zero-order valence-electron chi connectivity index (χ0n) is 14.0. The Labute approximate surface area is 149 Å². The predicted molar refractivity (Wildman–Crippen MR) is 87.8 cm³/mol. The molecule has 1 heterocycles. The van der Waals surface area contributed by atoms with E-state index in [0.717, 1.165) is 0 Å². The second-order valence-electron chi connectivity index (χ2n) is 5.65. The van der Waals surface area contributed by atoms with Crippen LogP contribution in [0.5, 0.6) is 0 Å². The Hall–Kier alpha value is -2.70. The van der Waals surface area contributed by atoms with Gasteiger partial charge in [0.25, 0.3) is 0 Å². The third-order valence-electron chi connectivity index (χ3n) is 3.85. The molecule has 0 saturated heterocycles. The molecule has 3 atom stereocenters. The van der Waals surface area contributed by atoms with Gasteiger partial charge in [-0.1, -0.05) is 18.2 Å². The van der Waals surface area contributed by atoms with Gasteiger partial charge in [-0.3, -0.25) is 0 Å². The smallest absolute Gasteiger partial charge is 0.342 e. The molecule has 0 saturated carbocycles. The molecule has 0 radical (unpaired) electrons. The van der Waals surface area contributed by atoms with Crippen LogP contribution in [-0.4, -0.2) is 45.2 Å². The normalized spacial score (nSPS) is 14.3. The van der Waals surface area contributed by atoms with Gasteiger partial charge in [-0.2, -0.15) is 5.26 Å². The van der Waals surface area contributed by atoms with Gasteiger partial charge in [0.2, 0.25) is 0 Å². The first-order valence-corrected chi connectivity index (χ1v) is 7.79. The number of hydrogen-bond acceptors (Lipinski definition) is 8. The first-order chi connectivity index (χ1) is 12.4. The van der Waals surface area contributed by atoms with Gasteiger partial charge in [-0.15, -0.1) is 0 Å². The van der Waals surface area contributed by atoms with E-state index in [1.54, 1.807) is 24.3 Å². The number of carbonyl (C=O) groups excluding carboxylic acids is 1. The Balaban J connectivity index is 2.10. The van der Waals surface area contributed by atoms with E-state index in [1.165, 1.54) is 13.0 Å². The van der Waals surface area contributed by atoms with Crippen molar-refractivity contribution < 1.29 is 34.4 Å². The van der Waals surface area contributed by atoms with Crippen LogP contribution in [-0.2, 0) is 11.3 Å². The largest absolute Gasteiger partial charge is 0.463 e. The molecule has 138 valence electrons. The van der Waals surface area contributed by atoms with Crippen molar-refractivity contribution in [3.8, 4) is 6.07 Å². The topological polar surface area (TPSA) is 144 Å². The van der Waals surface area contributed by atoms with E-state index >= 15 is 0 Å². The molecule has 0 aliphatic rings. The third kappa shape index (κ3) is 4.28. The number of hydrogen-bond donors (Lipinski definition) is 4. The van der Waals surface area contributed by atoms with Crippen molar-refractivity contribution >= 4 is 5.97 Å². The highest BCUT2D eigenvalue weighted by Gasteiger charge is 2.30. The molecule has 0 spiro atoms. The molecule has 0 aliphatic heterocycles. The highest BCUT2D eigenvalue weighted by atomic mass is 16.5. The van der Waals surface area contributed by atoms with Crippen LogP contribution in [0.15, 0.2) is 34.7 Å². The predicted octanol–water partition coefficient (Wildman–Crippen LogP) is 0.564. The SMILES string of the molecule is Cc1oc([C@H](O)[C@@H](O)[C@H](O)CO)cc1C(=O)OCc1ccccc1C#N. The molecule has 0 aliphatic carbocycles. The fourth-order valence-corrected chi connectivity index (χ4v) is 2.32. The standard InChI is InChI=1S/C18H19NO7/c1-10-13(6-15(26-10)17(23)16(22)14(21)8-20)18(24)25-9-12-5-3-2-4-11(12)7-19/h2-6,14,16-17,20-23H,8-9H2,1H3/t14-,16+,17+/m1/s1. The summed E-state index contributed by atoms with van der Waals surface area (Å²) >= 11 is 0. The molecular formula is C18H19NO7. The fraction of sp³-hybridized carbons (Fsp3) is 0.333. The number of benzene rings is 1. The van der Waals surface area contributed by atoms with Crippen molar-refractivity contribution in [2.45, 2.75) is 31.8 Å². The van der Waals surface area contributed by atoms with E-state index in [9.17, 15) is 20.1 Å². The first kappa shape index (κ1) is 19.6. The van der Waals surface area contributed by atoms with Crippen LogP contribution in [0.1, 0.15) is 39.1 Å². The van der Waals surface area contributed by atoms with Crippen LogP contribution in [0.4, 0.5) is 0 Å². The number of aliphatic hydroxyl groups is 4. The summed E-state index contributed by atoms with van der Waals surface area (Å²) in [5.74, 6) is -0.718. The number of carbonyl (C=O) groups is 1. The molecule has 1 aromatic carbocycles. The summed E-state index contributed by atoms with van der Waals surface area (Å²) in [5, 5.41) is 46.9. The first-order valence-electron chi connectivity index (χ1n) is 7.79. The summed E-state index contributed by atoms with van der Waals surface area (Å²) < 4.78 is 10.4. The molecule has 1 aromatic heterocycles. The Bertz CT molecular complexity index is 808.